The number of aliphatic hydroxyl groups is 1. The van der Waals surface area contributed by atoms with E-state index in [4.69, 9.17) is 0 Å². The van der Waals surface area contributed by atoms with Gasteiger partial charge in [0, 0.05) is 56.7 Å². The third kappa shape index (κ3) is 2.90. The van der Waals surface area contributed by atoms with Gasteiger partial charge >= 0.3 is 0 Å². The van der Waals surface area contributed by atoms with Crippen LogP contribution in [0.4, 0.5) is 5.69 Å². The Bertz CT molecular complexity index is 725. The Morgan fingerprint density at radius 1 is 1.08 bits per heavy atom. The topological polar surface area (TPSA) is 51.6 Å². The van der Waals surface area contributed by atoms with Crippen molar-refractivity contribution < 1.29 is 5.11 Å². The highest BCUT2D eigenvalue weighted by Gasteiger charge is 2.23. The smallest absolute Gasteiger partial charge is 0.123 e. The van der Waals surface area contributed by atoms with Crippen molar-refractivity contribution in [1.82, 2.24) is 15.2 Å². The number of pyridine rings is 1. The summed E-state index contributed by atoms with van der Waals surface area (Å²) in [6, 6.07) is 10.2. The van der Waals surface area contributed by atoms with Crippen LogP contribution in [0.2, 0.25) is 0 Å². The van der Waals surface area contributed by atoms with Gasteiger partial charge in [-0.3, -0.25) is 4.98 Å². The third-order valence-electron chi connectivity index (χ3n) is 5.09. The molecule has 1 atom stereocenters. The zero-order valence-corrected chi connectivity index (χ0v) is 14.1. The van der Waals surface area contributed by atoms with Gasteiger partial charge in [0.25, 0.3) is 0 Å². The highest BCUT2D eigenvalue weighted by molar-refractivity contribution is 5.56. The second-order valence-corrected chi connectivity index (χ2v) is 6.73. The number of benzene rings is 1. The predicted octanol–water partition coefficient (Wildman–Crippen LogP) is 1.52. The molecule has 4 rings (SSSR count). The third-order valence-corrected chi connectivity index (χ3v) is 5.09. The largest absolute Gasteiger partial charge is 0.382 e. The molecule has 24 heavy (non-hydrogen) atoms. The Morgan fingerprint density at radius 2 is 1.83 bits per heavy atom. The van der Waals surface area contributed by atoms with Gasteiger partial charge in [0.15, 0.2) is 0 Å². The van der Waals surface area contributed by atoms with E-state index in [1.165, 1.54) is 11.1 Å². The van der Waals surface area contributed by atoms with Gasteiger partial charge in [-0.25, -0.2) is 0 Å². The number of nitrogens with one attached hydrogen (secondary N) is 1. The van der Waals surface area contributed by atoms with Crippen LogP contribution in [-0.2, 0) is 13.1 Å². The van der Waals surface area contributed by atoms with Crippen LogP contribution in [0.1, 0.15) is 28.5 Å². The molecule has 0 radical (unpaired) electrons. The Balaban J connectivity index is 1.64. The van der Waals surface area contributed by atoms with Crippen molar-refractivity contribution in [2.24, 2.45) is 0 Å². The second-order valence-electron chi connectivity index (χ2n) is 6.73. The van der Waals surface area contributed by atoms with Gasteiger partial charge in [-0.2, -0.15) is 0 Å². The molecule has 0 saturated carbocycles. The fraction of sp³-hybridized carbons (Fsp3) is 0.421. The van der Waals surface area contributed by atoms with E-state index < -0.39 is 6.10 Å². The number of nitrogens with zero attached hydrogens (tertiary/aromatic N) is 3. The maximum absolute atomic E-state index is 11.0. The first-order valence-corrected chi connectivity index (χ1v) is 8.61. The lowest BCUT2D eigenvalue weighted by molar-refractivity contribution is 0.215. The van der Waals surface area contributed by atoms with Gasteiger partial charge < -0.3 is 20.2 Å². The number of rotatable bonds is 3. The zero-order chi connectivity index (χ0) is 16.5. The van der Waals surface area contributed by atoms with Gasteiger partial charge in [0.2, 0.25) is 0 Å². The molecular weight excluding hydrogens is 300 g/mol. The van der Waals surface area contributed by atoms with Crippen molar-refractivity contribution in [1.29, 1.82) is 0 Å². The molecule has 5 nitrogen and oxygen atoms in total. The van der Waals surface area contributed by atoms with Gasteiger partial charge in [-0.15, -0.1) is 0 Å². The summed E-state index contributed by atoms with van der Waals surface area (Å²) >= 11 is 0. The van der Waals surface area contributed by atoms with E-state index in [1.54, 1.807) is 0 Å². The van der Waals surface area contributed by atoms with Gasteiger partial charge in [0.05, 0.1) is 5.69 Å². The van der Waals surface area contributed by atoms with Crippen molar-refractivity contribution in [3.8, 4) is 0 Å². The summed E-state index contributed by atoms with van der Waals surface area (Å²) < 4.78 is 0. The number of anilines is 1. The first kappa shape index (κ1) is 15.6. The SMILES string of the molecule is CN1CCN(c2ccccc2C(O)c2cc3c(cn2)CNC3)CC1. The summed E-state index contributed by atoms with van der Waals surface area (Å²) in [6.07, 6.45) is 1.21. The lowest BCUT2D eigenvalue weighted by Gasteiger charge is -2.35. The van der Waals surface area contributed by atoms with E-state index in [9.17, 15) is 5.11 Å². The van der Waals surface area contributed by atoms with E-state index in [0.29, 0.717) is 0 Å². The number of aliphatic hydroxyl groups excluding tert-OH is 1. The maximum Gasteiger partial charge on any atom is 0.123 e. The molecule has 2 aromatic rings. The van der Waals surface area contributed by atoms with Crippen LogP contribution in [0, 0.1) is 0 Å². The summed E-state index contributed by atoms with van der Waals surface area (Å²) in [4.78, 5) is 9.21. The molecular formula is C19H24N4O. The molecule has 1 fully saturated rings. The molecule has 1 aromatic carbocycles. The van der Waals surface area contributed by atoms with Crippen LogP contribution in [0.15, 0.2) is 36.5 Å². The highest BCUT2D eigenvalue weighted by atomic mass is 16.3. The normalized spacial score (nSPS) is 19.3. The van der Waals surface area contributed by atoms with Crippen molar-refractivity contribution in [3.05, 3.63) is 58.9 Å². The Labute approximate surface area is 142 Å². The Kier molecular flexibility index (Phi) is 4.22. The molecule has 2 aliphatic rings. The lowest BCUT2D eigenvalue weighted by Crippen LogP contribution is -2.44. The van der Waals surface area contributed by atoms with E-state index in [2.05, 4.69) is 33.2 Å². The van der Waals surface area contributed by atoms with Crippen molar-refractivity contribution in [2.45, 2.75) is 19.2 Å². The van der Waals surface area contributed by atoms with Crippen LogP contribution in [0.25, 0.3) is 0 Å². The number of aromatic nitrogens is 1. The van der Waals surface area contributed by atoms with Gasteiger partial charge in [0.1, 0.15) is 6.10 Å². The van der Waals surface area contributed by atoms with Crippen LogP contribution in [0.5, 0.6) is 0 Å². The highest BCUT2D eigenvalue weighted by Crippen LogP contribution is 2.31. The van der Waals surface area contributed by atoms with Crippen molar-refractivity contribution in [3.63, 3.8) is 0 Å². The molecule has 1 unspecified atom stereocenters. The molecule has 0 spiro atoms. The molecule has 1 saturated heterocycles. The Hall–Kier alpha value is -1.95. The zero-order valence-electron chi connectivity index (χ0n) is 14.1. The van der Waals surface area contributed by atoms with Crippen LogP contribution < -0.4 is 10.2 Å². The van der Waals surface area contributed by atoms with Crippen LogP contribution in [-0.4, -0.2) is 48.2 Å². The van der Waals surface area contributed by atoms with Gasteiger partial charge in [-0.05, 0) is 30.3 Å². The van der Waals surface area contributed by atoms with Crippen LogP contribution in [0.3, 0.4) is 0 Å². The van der Waals surface area contributed by atoms with Crippen molar-refractivity contribution >= 4 is 5.69 Å². The first-order valence-electron chi connectivity index (χ1n) is 8.61. The molecule has 126 valence electrons. The minimum atomic E-state index is -0.688. The van der Waals surface area contributed by atoms with Gasteiger partial charge in [-0.1, -0.05) is 18.2 Å². The van der Waals surface area contributed by atoms with E-state index in [1.807, 2.05) is 30.5 Å². The summed E-state index contributed by atoms with van der Waals surface area (Å²) in [6.45, 7) is 5.80. The summed E-state index contributed by atoms with van der Waals surface area (Å²) in [5.41, 5.74) is 5.28. The average Bonchev–Trinajstić information content (AvgIpc) is 3.09. The lowest BCUT2D eigenvalue weighted by atomic mass is 10.0. The summed E-state index contributed by atoms with van der Waals surface area (Å²) in [5, 5.41) is 14.3. The minimum Gasteiger partial charge on any atom is -0.382 e. The fourth-order valence-electron chi connectivity index (χ4n) is 3.56. The summed E-state index contributed by atoms with van der Waals surface area (Å²) in [7, 11) is 2.15. The quantitative estimate of drug-likeness (QED) is 0.896. The Morgan fingerprint density at radius 3 is 2.67 bits per heavy atom. The number of para-hydroxylation sites is 1. The number of hydrogen-bond donors (Lipinski definition) is 2. The number of hydrogen-bond acceptors (Lipinski definition) is 5. The molecule has 2 N–H and O–H groups in total. The molecule has 1 aromatic heterocycles. The van der Waals surface area contributed by atoms with E-state index >= 15 is 0 Å². The standard InChI is InChI=1S/C19H24N4O/c1-22-6-8-23(9-7-22)18-5-3-2-4-16(18)19(24)17-10-14-11-20-12-15(14)13-21-17/h2-5,10,13,19-20,24H,6-9,11-12H2,1H3. The van der Waals surface area contributed by atoms with E-state index in [-0.39, 0.29) is 0 Å². The monoisotopic (exact) mass is 324 g/mol. The predicted molar refractivity (Wildman–Crippen MR) is 95.0 cm³/mol. The summed E-state index contributed by atoms with van der Waals surface area (Å²) in [5.74, 6) is 0. The average molecular weight is 324 g/mol. The molecule has 5 heteroatoms. The first-order chi connectivity index (χ1) is 11.7. The molecule has 0 bridgehead atoms. The number of likely N-dealkylation sites (N-methyl/N-ethyl adjacent to an activating group) is 1. The maximum atomic E-state index is 11.0. The number of piperazine rings is 1. The second kappa shape index (κ2) is 6.51. The number of fused-ring (bicyclic) bond motifs is 1. The molecule has 3 heterocycles. The van der Waals surface area contributed by atoms with Crippen molar-refractivity contribution in [2.75, 3.05) is 38.1 Å². The molecule has 0 aliphatic carbocycles. The van der Waals surface area contributed by atoms with Crippen LogP contribution >= 0.6 is 0 Å². The minimum absolute atomic E-state index is 0.688. The molecule has 2 aliphatic heterocycles. The molecule has 0 amide bonds. The fourth-order valence-corrected chi connectivity index (χ4v) is 3.56. The van der Waals surface area contributed by atoms with E-state index in [0.717, 1.165) is 56.2 Å².